The van der Waals surface area contributed by atoms with Gasteiger partial charge in [-0.05, 0) is 36.8 Å². The molecule has 4 heterocycles. The van der Waals surface area contributed by atoms with Gasteiger partial charge in [-0.25, -0.2) is 4.52 Å². The summed E-state index contributed by atoms with van der Waals surface area (Å²) in [4.78, 5) is 14.5. The quantitative estimate of drug-likeness (QED) is 0.586. The van der Waals surface area contributed by atoms with Crippen LogP contribution in [0.3, 0.4) is 0 Å². The third-order valence-corrected chi connectivity index (χ3v) is 5.41. The van der Waals surface area contributed by atoms with Crippen LogP contribution in [0.15, 0.2) is 42.9 Å². The molecule has 0 unspecified atom stereocenters. The molecule has 0 atom stereocenters. The molecule has 1 amide bonds. The zero-order valence-corrected chi connectivity index (χ0v) is 16.1. The first-order valence-corrected chi connectivity index (χ1v) is 9.40. The zero-order valence-electron chi connectivity index (χ0n) is 16.1. The molecule has 144 valence electrons. The normalized spacial score (nSPS) is 14.2. The lowest BCUT2D eigenvalue weighted by atomic mass is 10.0. The predicted octanol–water partition coefficient (Wildman–Crippen LogP) is 2.87. The second kappa shape index (κ2) is 6.34. The van der Waals surface area contributed by atoms with Gasteiger partial charge in [0.05, 0.1) is 34.3 Å². The minimum absolute atomic E-state index is 0.0552. The summed E-state index contributed by atoms with van der Waals surface area (Å²) in [7, 11) is 1.90. The Morgan fingerprint density at radius 1 is 1.28 bits per heavy atom. The molecule has 1 aromatic carbocycles. The van der Waals surface area contributed by atoms with Crippen LogP contribution in [0.4, 0.5) is 11.4 Å². The van der Waals surface area contributed by atoms with Crippen LogP contribution in [-0.2, 0) is 7.05 Å². The molecular weight excluding hydrogens is 366 g/mol. The third-order valence-electron chi connectivity index (χ3n) is 5.41. The number of carbonyl (C=O) groups excluding carboxylic acids is 1. The Labute approximate surface area is 166 Å². The van der Waals surface area contributed by atoms with Crippen molar-refractivity contribution >= 4 is 33.7 Å². The van der Waals surface area contributed by atoms with E-state index in [2.05, 4.69) is 21.6 Å². The van der Waals surface area contributed by atoms with E-state index >= 15 is 0 Å². The summed E-state index contributed by atoms with van der Waals surface area (Å²) in [6.07, 6.45) is 5.45. The Hall–Kier alpha value is -3.86. The van der Waals surface area contributed by atoms with E-state index in [-0.39, 0.29) is 11.8 Å². The van der Waals surface area contributed by atoms with Gasteiger partial charge in [0, 0.05) is 49.8 Å². The number of aryl methyl sites for hydroxylation is 2. The monoisotopic (exact) mass is 385 g/mol. The van der Waals surface area contributed by atoms with Crippen molar-refractivity contribution in [2.24, 2.45) is 13.0 Å². The van der Waals surface area contributed by atoms with E-state index in [9.17, 15) is 4.79 Å². The van der Waals surface area contributed by atoms with E-state index in [1.54, 1.807) is 26.5 Å². The molecule has 0 radical (unpaired) electrons. The third kappa shape index (κ3) is 2.79. The van der Waals surface area contributed by atoms with Crippen LogP contribution in [0.5, 0.6) is 0 Å². The maximum absolute atomic E-state index is 12.8. The van der Waals surface area contributed by atoms with Crippen molar-refractivity contribution in [3.8, 4) is 6.07 Å². The topological polar surface area (TPSA) is 91.3 Å². The Kier molecular flexibility index (Phi) is 3.77. The van der Waals surface area contributed by atoms with Crippen molar-refractivity contribution in [1.82, 2.24) is 24.3 Å². The largest absolute Gasteiger partial charge is 0.354 e. The number of hydrogen-bond donors (Lipinski definition) is 1. The average molecular weight is 385 g/mol. The molecule has 1 aliphatic rings. The Morgan fingerprint density at radius 3 is 2.90 bits per heavy atom. The second-order valence-electron chi connectivity index (χ2n) is 7.44. The van der Waals surface area contributed by atoms with Crippen molar-refractivity contribution in [1.29, 1.82) is 5.26 Å². The molecular formula is C21H19N7O. The fourth-order valence-electron chi connectivity index (χ4n) is 3.84. The maximum atomic E-state index is 12.8. The van der Waals surface area contributed by atoms with Crippen LogP contribution in [0.25, 0.3) is 16.4 Å². The number of amides is 1. The molecule has 0 saturated carbocycles. The minimum atomic E-state index is -0.0619. The predicted molar refractivity (Wildman–Crippen MR) is 109 cm³/mol. The molecule has 5 rings (SSSR count). The van der Waals surface area contributed by atoms with Crippen molar-refractivity contribution in [2.45, 2.75) is 6.92 Å². The lowest BCUT2D eigenvalue weighted by Crippen LogP contribution is -2.49. The first-order valence-electron chi connectivity index (χ1n) is 9.40. The van der Waals surface area contributed by atoms with Crippen LogP contribution in [0.2, 0.25) is 0 Å². The minimum Gasteiger partial charge on any atom is -0.354 e. The number of nitrogens with one attached hydrogen (secondary N) is 1. The standard InChI is InChI=1S/C21H19N7O/c1-13-17(21(29)27-9-14(8-22)10-27)12-28-20(13)18(5-6-23-28)24-16-4-3-15-11-26(2)25-19(15)7-16/h3-7,11-12,14,24H,9-10H2,1-2H3. The molecule has 0 bridgehead atoms. The Morgan fingerprint density at radius 2 is 2.10 bits per heavy atom. The highest BCUT2D eigenvalue weighted by Gasteiger charge is 2.32. The number of anilines is 2. The number of carbonyl (C=O) groups is 1. The van der Waals surface area contributed by atoms with E-state index in [0.29, 0.717) is 18.7 Å². The van der Waals surface area contributed by atoms with Gasteiger partial charge in [0.1, 0.15) is 0 Å². The average Bonchev–Trinajstić information content (AvgIpc) is 3.20. The molecule has 1 fully saturated rings. The number of benzene rings is 1. The smallest absolute Gasteiger partial charge is 0.255 e. The van der Waals surface area contributed by atoms with Crippen molar-refractivity contribution in [3.63, 3.8) is 0 Å². The zero-order chi connectivity index (χ0) is 20.1. The second-order valence-corrected chi connectivity index (χ2v) is 7.44. The molecule has 3 aromatic heterocycles. The molecule has 0 spiro atoms. The number of likely N-dealkylation sites (tertiary alicyclic amines) is 1. The SMILES string of the molecule is Cc1c(C(=O)N2CC(C#N)C2)cn2nccc(Nc3ccc4cn(C)nc4c3)c12. The van der Waals surface area contributed by atoms with Crippen LogP contribution < -0.4 is 5.32 Å². The van der Waals surface area contributed by atoms with Crippen LogP contribution in [-0.4, -0.2) is 43.3 Å². The molecule has 0 aliphatic carbocycles. The summed E-state index contributed by atoms with van der Waals surface area (Å²) in [5.74, 6) is -0.117. The van der Waals surface area contributed by atoms with Gasteiger partial charge in [-0.1, -0.05) is 0 Å². The lowest BCUT2D eigenvalue weighted by Gasteiger charge is -2.35. The first-order chi connectivity index (χ1) is 14.0. The van der Waals surface area contributed by atoms with Crippen molar-refractivity contribution in [3.05, 3.63) is 54.0 Å². The van der Waals surface area contributed by atoms with Gasteiger partial charge in [-0.2, -0.15) is 15.5 Å². The van der Waals surface area contributed by atoms with Crippen LogP contribution in [0.1, 0.15) is 15.9 Å². The van der Waals surface area contributed by atoms with E-state index < -0.39 is 0 Å². The highest BCUT2D eigenvalue weighted by Crippen LogP contribution is 2.30. The summed E-state index contributed by atoms with van der Waals surface area (Å²) >= 11 is 0. The van der Waals surface area contributed by atoms with E-state index in [4.69, 9.17) is 5.26 Å². The summed E-state index contributed by atoms with van der Waals surface area (Å²) in [5, 5.41) is 22.3. The molecule has 1 N–H and O–H groups in total. The number of nitrogens with zero attached hydrogens (tertiary/aromatic N) is 6. The van der Waals surface area contributed by atoms with Gasteiger partial charge in [0.2, 0.25) is 0 Å². The summed E-state index contributed by atoms with van der Waals surface area (Å²) in [6, 6.07) is 10.1. The van der Waals surface area contributed by atoms with Crippen LogP contribution >= 0.6 is 0 Å². The molecule has 29 heavy (non-hydrogen) atoms. The van der Waals surface area contributed by atoms with Crippen LogP contribution in [0, 0.1) is 24.2 Å². The number of aromatic nitrogens is 4. The van der Waals surface area contributed by atoms with Gasteiger partial charge in [0.25, 0.3) is 5.91 Å². The van der Waals surface area contributed by atoms with Gasteiger partial charge in [-0.3, -0.25) is 9.48 Å². The van der Waals surface area contributed by atoms with E-state index in [1.807, 2.05) is 44.4 Å². The molecule has 1 saturated heterocycles. The summed E-state index contributed by atoms with van der Waals surface area (Å²) in [5.41, 5.74) is 5.03. The Bertz CT molecular complexity index is 1300. The molecule has 4 aromatic rings. The maximum Gasteiger partial charge on any atom is 0.255 e. The number of nitriles is 1. The molecule has 8 heteroatoms. The van der Waals surface area contributed by atoms with E-state index in [0.717, 1.165) is 33.4 Å². The fraction of sp³-hybridized carbons (Fsp3) is 0.238. The van der Waals surface area contributed by atoms with Gasteiger partial charge in [0.15, 0.2) is 0 Å². The summed E-state index contributed by atoms with van der Waals surface area (Å²) in [6.45, 7) is 2.91. The number of hydrogen-bond acceptors (Lipinski definition) is 5. The molecule has 1 aliphatic heterocycles. The van der Waals surface area contributed by atoms with Crippen molar-refractivity contribution in [2.75, 3.05) is 18.4 Å². The first kappa shape index (κ1) is 17.3. The van der Waals surface area contributed by atoms with E-state index in [1.165, 1.54) is 0 Å². The Balaban J connectivity index is 1.50. The number of rotatable bonds is 3. The number of fused-ring (bicyclic) bond motifs is 2. The fourth-order valence-corrected chi connectivity index (χ4v) is 3.84. The summed E-state index contributed by atoms with van der Waals surface area (Å²) < 4.78 is 3.52. The highest BCUT2D eigenvalue weighted by molar-refractivity contribution is 6.00. The van der Waals surface area contributed by atoms with Gasteiger partial charge < -0.3 is 10.2 Å². The lowest BCUT2D eigenvalue weighted by molar-refractivity contribution is 0.0576. The van der Waals surface area contributed by atoms with Gasteiger partial charge >= 0.3 is 0 Å². The van der Waals surface area contributed by atoms with Crippen molar-refractivity contribution < 1.29 is 4.79 Å². The highest BCUT2D eigenvalue weighted by atomic mass is 16.2. The van der Waals surface area contributed by atoms with Gasteiger partial charge in [-0.15, -0.1) is 0 Å². The molecule has 8 nitrogen and oxygen atoms in total.